The van der Waals surface area contributed by atoms with Crippen molar-refractivity contribution in [3.05, 3.63) is 0 Å². The molecule has 0 aromatic heterocycles. The van der Waals surface area contributed by atoms with Crippen molar-refractivity contribution in [2.45, 2.75) is 26.4 Å². The maximum absolute atomic E-state index is 11.2. The number of carbonyl (C=O) groups is 2. The zero-order chi connectivity index (χ0) is 12.6. The molecule has 0 aliphatic carbocycles. The van der Waals surface area contributed by atoms with Crippen LogP contribution in [0.3, 0.4) is 0 Å². The van der Waals surface area contributed by atoms with E-state index in [0.29, 0.717) is 12.3 Å². The van der Waals surface area contributed by atoms with Crippen LogP contribution in [0.1, 0.15) is 20.8 Å². The number of ether oxygens (including phenoxy) is 2. The minimum absolute atomic E-state index is 0.345. The van der Waals surface area contributed by atoms with Crippen LogP contribution in [0.5, 0.6) is 0 Å². The third-order valence-corrected chi connectivity index (χ3v) is 3.20. The Hall–Kier alpha value is -0.560. The second-order valence-electron chi connectivity index (χ2n) is 3.79. The maximum atomic E-state index is 11.2. The second-order valence-corrected chi connectivity index (χ2v) is 6.14. The lowest BCUT2D eigenvalue weighted by Gasteiger charge is -2.19. The van der Waals surface area contributed by atoms with Crippen molar-refractivity contribution >= 4 is 33.0 Å². The van der Waals surface area contributed by atoms with Crippen molar-refractivity contribution in [3.63, 3.8) is 0 Å². The van der Waals surface area contributed by atoms with E-state index in [4.69, 9.17) is 4.74 Å². The first-order valence-corrected chi connectivity index (χ1v) is 7.01. The third kappa shape index (κ3) is 9.97. The first-order chi connectivity index (χ1) is 7.35. The van der Waals surface area contributed by atoms with Crippen molar-refractivity contribution < 1.29 is 19.1 Å². The zero-order valence-corrected chi connectivity index (χ0v) is 11.5. The van der Waals surface area contributed by atoms with Gasteiger partial charge in [0.2, 0.25) is 0 Å². The summed E-state index contributed by atoms with van der Waals surface area (Å²) in [5.74, 6) is 0.610. The van der Waals surface area contributed by atoms with E-state index in [0.717, 1.165) is 10.8 Å². The molecule has 0 aliphatic rings. The first-order valence-electron chi connectivity index (χ1n) is 4.69. The Morgan fingerprint density at radius 1 is 1.31 bits per heavy atom. The maximum Gasteiger partial charge on any atom is 0.407 e. The minimum atomic E-state index is -0.488. The van der Waals surface area contributed by atoms with Crippen molar-refractivity contribution in [1.29, 1.82) is 0 Å². The summed E-state index contributed by atoms with van der Waals surface area (Å²) >= 11 is 0. The van der Waals surface area contributed by atoms with Gasteiger partial charge in [0.1, 0.15) is 5.60 Å². The Balaban J connectivity index is 3.45. The molecule has 0 radical (unpaired) electrons. The molecule has 0 saturated carbocycles. The molecule has 16 heavy (non-hydrogen) atoms. The van der Waals surface area contributed by atoms with Gasteiger partial charge in [-0.25, -0.2) is 9.59 Å². The molecule has 1 amide bonds. The van der Waals surface area contributed by atoms with Crippen LogP contribution in [0.2, 0.25) is 0 Å². The van der Waals surface area contributed by atoms with Crippen LogP contribution in [-0.4, -0.2) is 36.4 Å². The molecule has 0 heterocycles. The van der Waals surface area contributed by atoms with Gasteiger partial charge in [0, 0.05) is 23.1 Å². The largest absolute Gasteiger partial charge is 0.460 e. The predicted octanol–water partition coefficient (Wildman–Crippen LogP) is 2.66. The van der Waals surface area contributed by atoms with Gasteiger partial charge in [-0.05, 0) is 20.8 Å². The molecule has 1 N–H and O–H groups in total. The van der Waals surface area contributed by atoms with E-state index < -0.39 is 11.7 Å². The number of alkyl carbamates (subject to hydrolysis) is 1. The molecule has 0 aromatic carbocycles. The van der Waals surface area contributed by atoms with Crippen LogP contribution in [0.4, 0.5) is 9.59 Å². The number of nitrogens with one attached hydrogen (secondary N) is 1. The van der Waals surface area contributed by atoms with E-state index in [1.807, 2.05) is 0 Å². The van der Waals surface area contributed by atoms with Gasteiger partial charge in [0.25, 0.3) is 0 Å². The molecular weight excluding hydrogens is 250 g/mol. The Labute approximate surface area is 103 Å². The number of carbonyl (C=O) groups excluding carboxylic acids is 2. The average Bonchev–Trinajstić information content (AvgIpc) is 2.14. The molecule has 5 nitrogen and oxygen atoms in total. The number of methoxy groups -OCH3 is 1. The highest BCUT2D eigenvalue weighted by atomic mass is 33.1. The molecule has 0 unspecified atom stereocenters. The zero-order valence-electron chi connectivity index (χ0n) is 9.86. The summed E-state index contributed by atoms with van der Waals surface area (Å²) in [7, 11) is 3.65. The van der Waals surface area contributed by atoms with Crippen LogP contribution >= 0.6 is 21.6 Å². The third-order valence-electron chi connectivity index (χ3n) is 1.15. The standard InChI is InChI=1S/C9H17NO4S2/c1-9(2,3)14-7(11)10-5-6-15-16-8(12)13-4/h5-6H2,1-4H3,(H,10,11). The smallest absolute Gasteiger partial charge is 0.407 e. The SMILES string of the molecule is COC(=O)SSCCNC(=O)OC(C)(C)C. The van der Waals surface area contributed by atoms with E-state index >= 15 is 0 Å². The summed E-state index contributed by atoms with van der Waals surface area (Å²) < 4.78 is 9.46. The summed E-state index contributed by atoms with van der Waals surface area (Å²) in [6.45, 7) is 5.85. The summed E-state index contributed by atoms with van der Waals surface area (Å²) in [4.78, 5) is 21.9. The summed E-state index contributed by atoms with van der Waals surface area (Å²) in [5.41, 5.74) is -0.488. The molecule has 94 valence electrons. The number of hydrogen-bond acceptors (Lipinski definition) is 6. The van der Waals surface area contributed by atoms with Crippen molar-refractivity contribution in [3.8, 4) is 0 Å². The molecule has 0 saturated heterocycles. The summed E-state index contributed by atoms with van der Waals surface area (Å²) in [6.07, 6.45) is -0.448. The lowest BCUT2D eigenvalue weighted by molar-refractivity contribution is 0.0531. The van der Waals surface area contributed by atoms with Crippen LogP contribution in [-0.2, 0) is 9.47 Å². The van der Waals surface area contributed by atoms with Gasteiger partial charge in [-0.2, -0.15) is 0 Å². The van der Waals surface area contributed by atoms with E-state index in [9.17, 15) is 9.59 Å². The number of rotatable bonds is 4. The quantitative estimate of drug-likeness (QED) is 0.480. The molecule has 0 aromatic rings. The van der Waals surface area contributed by atoms with Crippen molar-refractivity contribution in [2.24, 2.45) is 0 Å². The molecule has 0 atom stereocenters. The molecule has 0 rings (SSSR count). The fourth-order valence-corrected chi connectivity index (χ4v) is 2.06. The van der Waals surface area contributed by atoms with Gasteiger partial charge in [0.05, 0.1) is 7.11 Å². The molecule has 0 fully saturated rings. The van der Waals surface area contributed by atoms with Gasteiger partial charge in [-0.1, -0.05) is 10.8 Å². The molecule has 0 spiro atoms. The van der Waals surface area contributed by atoms with Crippen LogP contribution < -0.4 is 5.32 Å². The highest BCUT2D eigenvalue weighted by Gasteiger charge is 2.15. The molecule has 0 aliphatic heterocycles. The van der Waals surface area contributed by atoms with E-state index in [-0.39, 0.29) is 5.30 Å². The Morgan fingerprint density at radius 2 is 1.94 bits per heavy atom. The summed E-state index contributed by atoms with van der Waals surface area (Å²) in [6, 6.07) is 0. The van der Waals surface area contributed by atoms with Crippen molar-refractivity contribution in [1.82, 2.24) is 5.32 Å². The Bertz CT molecular complexity index is 240. The van der Waals surface area contributed by atoms with Gasteiger partial charge in [-0.15, -0.1) is 0 Å². The fourth-order valence-electron chi connectivity index (χ4n) is 0.633. The highest BCUT2D eigenvalue weighted by molar-refractivity contribution is 8.82. The first kappa shape index (κ1) is 15.4. The van der Waals surface area contributed by atoms with Crippen LogP contribution in [0, 0.1) is 0 Å². The fraction of sp³-hybridized carbons (Fsp3) is 0.778. The highest BCUT2D eigenvalue weighted by Crippen LogP contribution is 2.22. The second kappa shape index (κ2) is 7.67. The van der Waals surface area contributed by atoms with Gasteiger partial charge in [-0.3, -0.25) is 0 Å². The van der Waals surface area contributed by atoms with Gasteiger partial charge < -0.3 is 14.8 Å². The predicted molar refractivity (Wildman–Crippen MR) is 66.7 cm³/mol. The normalized spacial score (nSPS) is 10.8. The topological polar surface area (TPSA) is 64.6 Å². The minimum Gasteiger partial charge on any atom is -0.460 e. The lowest BCUT2D eigenvalue weighted by atomic mass is 10.2. The monoisotopic (exact) mass is 267 g/mol. The Morgan fingerprint density at radius 3 is 2.44 bits per heavy atom. The van der Waals surface area contributed by atoms with E-state index in [1.165, 1.54) is 17.9 Å². The van der Waals surface area contributed by atoms with Crippen LogP contribution in [0.15, 0.2) is 0 Å². The number of amides is 1. The molecular formula is C9H17NO4S2. The van der Waals surface area contributed by atoms with Crippen LogP contribution in [0.25, 0.3) is 0 Å². The lowest BCUT2D eigenvalue weighted by Crippen LogP contribution is -2.33. The summed E-state index contributed by atoms with van der Waals surface area (Å²) in [5, 5.41) is 2.24. The number of hydrogen-bond donors (Lipinski definition) is 1. The molecule has 0 bridgehead atoms. The van der Waals surface area contributed by atoms with Gasteiger partial charge in [0.15, 0.2) is 0 Å². The van der Waals surface area contributed by atoms with Crippen molar-refractivity contribution in [2.75, 3.05) is 19.4 Å². The van der Waals surface area contributed by atoms with E-state index in [2.05, 4.69) is 10.1 Å². The van der Waals surface area contributed by atoms with Gasteiger partial charge >= 0.3 is 11.4 Å². The average molecular weight is 267 g/mol. The molecule has 7 heteroatoms. The van der Waals surface area contributed by atoms with E-state index in [1.54, 1.807) is 20.8 Å². The Kier molecular flexibility index (Phi) is 7.40.